The van der Waals surface area contributed by atoms with Gasteiger partial charge in [-0.05, 0) is 29.8 Å². The second kappa shape index (κ2) is 8.11. The average Bonchev–Trinajstić information content (AvgIpc) is 3.02. The van der Waals surface area contributed by atoms with Crippen LogP contribution in [0.4, 0.5) is 18.9 Å². The molecule has 0 bridgehead atoms. The summed E-state index contributed by atoms with van der Waals surface area (Å²) in [6.07, 6.45) is 0.00132. The molecule has 0 aromatic heterocycles. The van der Waals surface area contributed by atoms with E-state index in [2.05, 4.69) is 10.1 Å². The number of para-hydroxylation sites is 1. The molecule has 1 N–H and O–H groups in total. The van der Waals surface area contributed by atoms with E-state index in [1.165, 1.54) is 35.2 Å². The Kier molecular flexibility index (Phi) is 5.63. The Morgan fingerprint density at radius 3 is 2.56 bits per heavy atom. The third-order valence-electron chi connectivity index (χ3n) is 4.25. The van der Waals surface area contributed by atoms with Gasteiger partial charge < -0.3 is 15.0 Å². The lowest BCUT2D eigenvalue weighted by molar-refractivity contribution is -0.126. The highest BCUT2D eigenvalue weighted by atomic mass is 19.3. The number of nitrogens with one attached hydrogen (secondary N) is 1. The quantitative estimate of drug-likeness (QED) is 0.840. The van der Waals surface area contributed by atoms with Crippen molar-refractivity contribution in [1.82, 2.24) is 5.32 Å². The summed E-state index contributed by atoms with van der Waals surface area (Å²) < 4.78 is 42.4. The molecule has 8 heteroatoms. The van der Waals surface area contributed by atoms with Gasteiger partial charge in [0.15, 0.2) is 0 Å². The third kappa shape index (κ3) is 4.58. The minimum atomic E-state index is -2.90. The number of hydrogen-bond acceptors (Lipinski definition) is 3. The van der Waals surface area contributed by atoms with Crippen LogP contribution in [0.1, 0.15) is 12.0 Å². The van der Waals surface area contributed by atoms with Crippen LogP contribution in [0.5, 0.6) is 5.75 Å². The monoisotopic (exact) mass is 378 g/mol. The van der Waals surface area contributed by atoms with Crippen molar-refractivity contribution in [2.75, 3.05) is 11.4 Å². The number of amides is 2. The Balaban J connectivity index is 1.56. The van der Waals surface area contributed by atoms with Crippen molar-refractivity contribution in [3.05, 3.63) is 59.9 Å². The Bertz CT molecular complexity index is 827. The largest absolute Gasteiger partial charge is 0.435 e. The highest BCUT2D eigenvalue weighted by Crippen LogP contribution is 2.27. The van der Waals surface area contributed by atoms with Crippen molar-refractivity contribution in [2.45, 2.75) is 19.6 Å². The van der Waals surface area contributed by atoms with Crippen LogP contribution in [0.2, 0.25) is 0 Å². The first kappa shape index (κ1) is 18.8. The van der Waals surface area contributed by atoms with Crippen molar-refractivity contribution in [2.24, 2.45) is 5.92 Å². The zero-order valence-electron chi connectivity index (χ0n) is 14.2. The van der Waals surface area contributed by atoms with Crippen LogP contribution in [0.3, 0.4) is 0 Å². The van der Waals surface area contributed by atoms with E-state index >= 15 is 0 Å². The lowest BCUT2D eigenvalue weighted by Gasteiger charge is -2.17. The summed E-state index contributed by atoms with van der Waals surface area (Å²) in [5, 5.41) is 2.71. The maximum absolute atomic E-state index is 13.9. The van der Waals surface area contributed by atoms with E-state index in [-0.39, 0.29) is 42.8 Å². The van der Waals surface area contributed by atoms with Crippen LogP contribution in [0.15, 0.2) is 48.5 Å². The van der Waals surface area contributed by atoms with Crippen molar-refractivity contribution < 1.29 is 27.5 Å². The fourth-order valence-electron chi connectivity index (χ4n) is 2.91. The van der Waals surface area contributed by atoms with E-state index in [0.717, 1.165) is 0 Å². The molecule has 1 atom stereocenters. The summed E-state index contributed by atoms with van der Waals surface area (Å²) in [6.45, 7) is -2.61. The van der Waals surface area contributed by atoms with Gasteiger partial charge in [0.25, 0.3) is 0 Å². The minimum Gasteiger partial charge on any atom is -0.435 e. The first-order valence-corrected chi connectivity index (χ1v) is 8.30. The average molecular weight is 378 g/mol. The molecule has 2 aromatic rings. The zero-order valence-corrected chi connectivity index (χ0v) is 14.2. The van der Waals surface area contributed by atoms with Gasteiger partial charge >= 0.3 is 6.61 Å². The SMILES string of the molecule is O=C(NCc1ccc(OC(F)F)cc1)[C@@H]1CC(=O)N(c2ccccc2F)C1. The molecule has 3 rings (SSSR count). The summed E-state index contributed by atoms with van der Waals surface area (Å²) >= 11 is 0. The molecule has 0 saturated carbocycles. The molecule has 27 heavy (non-hydrogen) atoms. The smallest absolute Gasteiger partial charge is 0.387 e. The lowest BCUT2D eigenvalue weighted by Crippen LogP contribution is -2.32. The third-order valence-corrected chi connectivity index (χ3v) is 4.25. The molecule has 0 radical (unpaired) electrons. The summed E-state index contributed by atoms with van der Waals surface area (Å²) in [6, 6.07) is 11.8. The van der Waals surface area contributed by atoms with Crippen LogP contribution in [0, 0.1) is 11.7 Å². The van der Waals surface area contributed by atoms with Gasteiger partial charge in [0.05, 0.1) is 11.6 Å². The van der Waals surface area contributed by atoms with Gasteiger partial charge in [-0.25, -0.2) is 4.39 Å². The maximum atomic E-state index is 13.9. The van der Waals surface area contributed by atoms with Crippen LogP contribution in [0.25, 0.3) is 0 Å². The van der Waals surface area contributed by atoms with Gasteiger partial charge in [-0.15, -0.1) is 0 Å². The Labute approximate surface area is 153 Å². The normalized spacial score (nSPS) is 16.7. The molecule has 5 nitrogen and oxygen atoms in total. The topological polar surface area (TPSA) is 58.6 Å². The fourth-order valence-corrected chi connectivity index (χ4v) is 2.91. The van der Waals surface area contributed by atoms with E-state index in [0.29, 0.717) is 5.56 Å². The first-order valence-electron chi connectivity index (χ1n) is 8.30. The Morgan fingerprint density at radius 2 is 1.89 bits per heavy atom. The summed E-state index contributed by atoms with van der Waals surface area (Å²) in [7, 11) is 0. The molecular weight excluding hydrogens is 361 g/mol. The predicted octanol–water partition coefficient (Wildman–Crippen LogP) is 3.10. The van der Waals surface area contributed by atoms with E-state index in [1.807, 2.05) is 0 Å². The zero-order chi connectivity index (χ0) is 19.4. The highest BCUT2D eigenvalue weighted by molar-refractivity contribution is 6.00. The molecule has 0 aliphatic carbocycles. The standard InChI is InChI=1S/C19H17F3N2O3/c20-15-3-1-2-4-16(15)24-11-13(9-17(24)25)18(26)23-10-12-5-7-14(8-6-12)27-19(21)22/h1-8,13,19H,9-11H2,(H,23,26)/t13-/m1/s1. The minimum absolute atomic E-state index is 0.00132. The van der Waals surface area contributed by atoms with Crippen molar-refractivity contribution in [3.63, 3.8) is 0 Å². The second-order valence-electron chi connectivity index (χ2n) is 6.10. The van der Waals surface area contributed by atoms with Crippen LogP contribution in [-0.2, 0) is 16.1 Å². The maximum Gasteiger partial charge on any atom is 0.387 e. The number of anilines is 1. The number of carbonyl (C=O) groups excluding carboxylic acids is 2. The number of halogens is 3. The number of carbonyl (C=O) groups is 2. The molecule has 1 heterocycles. The highest BCUT2D eigenvalue weighted by Gasteiger charge is 2.35. The predicted molar refractivity (Wildman–Crippen MR) is 91.8 cm³/mol. The number of nitrogens with zero attached hydrogens (tertiary/aromatic N) is 1. The molecule has 1 aliphatic heterocycles. The second-order valence-corrected chi connectivity index (χ2v) is 6.10. The van der Waals surface area contributed by atoms with Crippen LogP contribution in [-0.4, -0.2) is 25.0 Å². The van der Waals surface area contributed by atoms with Gasteiger partial charge in [-0.2, -0.15) is 8.78 Å². The van der Waals surface area contributed by atoms with Crippen molar-refractivity contribution in [1.29, 1.82) is 0 Å². The van der Waals surface area contributed by atoms with E-state index < -0.39 is 18.3 Å². The number of rotatable bonds is 6. The van der Waals surface area contributed by atoms with Crippen LogP contribution >= 0.6 is 0 Å². The molecule has 142 valence electrons. The lowest BCUT2D eigenvalue weighted by atomic mass is 10.1. The first-order chi connectivity index (χ1) is 12.9. The van der Waals surface area contributed by atoms with Gasteiger partial charge in [-0.3, -0.25) is 9.59 Å². The summed E-state index contributed by atoms with van der Waals surface area (Å²) in [5.41, 5.74) is 0.854. The molecule has 2 aromatic carbocycles. The molecule has 0 unspecified atom stereocenters. The van der Waals surface area contributed by atoms with Crippen molar-refractivity contribution in [3.8, 4) is 5.75 Å². The number of hydrogen-bond donors (Lipinski definition) is 1. The summed E-state index contributed by atoms with van der Waals surface area (Å²) in [4.78, 5) is 25.8. The Morgan fingerprint density at radius 1 is 1.19 bits per heavy atom. The van der Waals surface area contributed by atoms with Gasteiger partial charge in [0, 0.05) is 19.5 Å². The van der Waals surface area contributed by atoms with Gasteiger partial charge in [-0.1, -0.05) is 24.3 Å². The molecule has 1 saturated heterocycles. The van der Waals surface area contributed by atoms with Gasteiger partial charge in [0.2, 0.25) is 11.8 Å². The molecular formula is C19H17F3N2O3. The van der Waals surface area contributed by atoms with E-state index in [9.17, 15) is 22.8 Å². The van der Waals surface area contributed by atoms with Gasteiger partial charge in [0.1, 0.15) is 11.6 Å². The molecule has 2 amide bonds. The Hall–Kier alpha value is -3.03. The molecule has 0 spiro atoms. The fraction of sp³-hybridized carbons (Fsp3) is 0.263. The number of benzene rings is 2. The summed E-state index contributed by atoms with van der Waals surface area (Å²) in [5.74, 6) is -1.71. The molecule has 1 fully saturated rings. The van der Waals surface area contributed by atoms with Crippen LogP contribution < -0.4 is 15.0 Å². The molecule has 1 aliphatic rings. The number of ether oxygens (including phenoxy) is 1. The number of alkyl halides is 2. The van der Waals surface area contributed by atoms with Crippen molar-refractivity contribution >= 4 is 17.5 Å². The van der Waals surface area contributed by atoms with E-state index in [1.54, 1.807) is 18.2 Å². The van der Waals surface area contributed by atoms with E-state index in [4.69, 9.17) is 0 Å².